The van der Waals surface area contributed by atoms with Crippen LogP contribution in [0.15, 0.2) is 0 Å². The van der Waals surface area contributed by atoms with Gasteiger partial charge in [-0.2, -0.15) is 5.10 Å². The van der Waals surface area contributed by atoms with Gasteiger partial charge in [0.1, 0.15) is 5.82 Å². The lowest BCUT2D eigenvalue weighted by Crippen LogP contribution is -2.30. The van der Waals surface area contributed by atoms with Crippen molar-refractivity contribution in [1.82, 2.24) is 15.1 Å². The van der Waals surface area contributed by atoms with Gasteiger partial charge in [-0.05, 0) is 6.42 Å². The zero-order valence-electron chi connectivity index (χ0n) is 11.1. The Balaban J connectivity index is 2.24. The van der Waals surface area contributed by atoms with E-state index in [2.05, 4.69) is 22.2 Å². The standard InChI is InChI=1S/C12H21N5O/c1-3-4-9-11(13)12(16(2)15-9)17-7-5-10(18)14-6-8-17/h3-8,13H2,1-2H3,(H,14,18). The number of carbonyl (C=O) groups is 1. The Labute approximate surface area is 107 Å². The minimum atomic E-state index is 0.104. The maximum Gasteiger partial charge on any atom is 0.221 e. The molecule has 0 saturated carbocycles. The second-order valence-corrected chi connectivity index (χ2v) is 4.64. The van der Waals surface area contributed by atoms with Crippen molar-refractivity contribution in [2.45, 2.75) is 26.2 Å². The monoisotopic (exact) mass is 251 g/mol. The highest BCUT2D eigenvalue weighted by Gasteiger charge is 2.21. The largest absolute Gasteiger partial charge is 0.394 e. The number of nitrogens with one attached hydrogen (secondary N) is 1. The summed E-state index contributed by atoms with van der Waals surface area (Å²) in [5, 5.41) is 7.33. The van der Waals surface area contributed by atoms with Crippen molar-refractivity contribution in [3.8, 4) is 0 Å². The number of nitrogen functional groups attached to an aromatic ring is 1. The predicted octanol–water partition coefficient (Wildman–Crippen LogP) is 0.281. The summed E-state index contributed by atoms with van der Waals surface area (Å²) in [7, 11) is 1.91. The molecule has 1 amide bonds. The third-order valence-corrected chi connectivity index (χ3v) is 3.23. The van der Waals surface area contributed by atoms with E-state index in [0.717, 1.165) is 36.6 Å². The van der Waals surface area contributed by atoms with E-state index in [4.69, 9.17) is 5.73 Å². The van der Waals surface area contributed by atoms with Gasteiger partial charge in [-0.3, -0.25) is 9.48 Å². The van der Waals surface area contributed by atoms with Crippen LogP contribution in [-0.4, -0.2) is 35.3 Å². The highest BCUT2D eigenvalue weighted by atomic mass is 16.1. The highest BCUT2D eigenvalue weighted by molar-refractivity contribution is 5.77. The van der Waals surface area contributed by atoms with Gasteiger partial charge in [0.15, 0.2) is 0 Å². The number of hydrogen-bond donors (Lipinski definition) is 2. The molecule has 18 heavy (non-hydrogen) atoms. The van der Waals surface area contributed by atoms with Crippen molar-refractivity contribution in [3.05, 3.63) is 5.69 Å². The number of nitrogens with zero attached hydrogens (tertiary/aromatic N) is 3. The van der Waals surface area contributed by atoms with Crippen LogP contribution in [0, 0.1) is 0 Å². The molecule has 1 aliphatic rings. The number of hydrogen-bond acceptors (Lipinski definition) is 4. The SMILES string of the molecule is CCCc1nn(C)c(N2CCNC(=O)CC2)c1N. The van der Waals surface area contributed by atoms with Gasteiger partial charge in [-0.25, -0.2) is 0 Å². The fraction of sp³-hybridized carbons (Fsp3) is 0.667. The molecule has 0 radical (unpaired) electrons. The Morgan fingerprint density at radius 3 is 2.94 bits per heavy atom. The Hall–Kier alpha value is -1.72. The minimum absolute atomic E-state index is 0.104. The average molecular weight is 251 g/mol. The first-order valence-electron chi connectivity index (χ1n) is 6.46. The Kier molecular flexibility index (Phi) is 3.74. The number of carbonyl (C=O) groups excluding carboxylic acids is 1. The fourth-order valence-corrected chi connectivity index (χ4v) is 2.36. The third-order valence-electron chi connectivity index (χ3n) is 3.23. The molecule has 1 aromatic rings. The van der Waals surface area contributed by atoms with Crippen LogP contribution < -0.4 is 16.0 Å². The van der Waals surface area contributed by atoms with Gasteiger partial charge < -0.3 is 16.0 Å². The van der Waals surface area contributed by atoms with Gasteiger partial charge in [0.05, 0.1) is 11.4 Å². The number of rotatable bonds is 3. The first-order chi connectivity index (χ1) is 8.63. The first-order valence-corrected chi connectivity index (χ1v) is 6.46. The zero-order valence-corrected chi connectivity index (χ0v) is 11.1. The Morgan fingerprint density at radius 2 is 2.22 bits per heavy atom. The van der Waals surface area contributed by atoms with Crippen LogP contribution in [0.2, 0.25) is 0 Å². The van der Waals surface area contributed by atoms with Crippen LogP contribution in [0.4, 0.5) is 11.5 Å². The summed E-state index contributed by atoms with van der Waals surface area (Å²) in [6.07, 6.45) is 2.43. The summed E-state index contributed by atoms with van der Waals surface area (Å²) in [5.74, 6) is 1.04. The summed E-state index contributed by atoms with van der Waals surface area (Å²) in [6.45, 7) is 4.25. The van der Waals surface area contributed by atoms with E-state index in [1.54, 1.807) is 0 Å². The van der Waals surface area contributed by atoms with Crippen LogP contribution in [0.5, 0.6) is 0 Å². The van der Waals surface area contributed by atoms with Crippen molar-refractivity contribution in [2.24, 2.45) is 7.05 Å². The molecule has 6 nitrogen and oxygen atoms in total. The molecular formula is C12H21N5O. The van der Waals surface area contributed by atoms with E-state index in [0.29, 0.717) is 19.5 Å². The lowest BCUT2D eigenvalue weighted by atomic mass is 10.2. The van der Waals surface area contributed by atoms with Gasteiger partial charge in [0, 0.05) is 33.1 Å². The van der Waals surface area contributed by atoms with Crippen molar-refractivity contribution >= 4 is 17.4 Å². The lowest BCUT2D eigenvalue weighted by molar-refractivity contribution is -0.120. The molecule has 0 bridgehead atoms. The maximum atomic E-state index is 11.3. The average Bonchev–Trinajstić information content (AvgIpc) is 2.52. The molecule has 1 aliphatic heterocycles. The summed E-state index contributed by atoms with van der Waals surface area (Å²) in [6, 6.07) is 0. The molecule has 1 fully saturated rings. The molecule has 2 rings (SSSR count). The van der Waals surface area contributed by atoms with Gasteiger partial charge in [-0.1, -0.05) is 13.3 Å². The minimum Gasteiger partial charge on any atom is -0.394 e. The smallest absolute Gasteiger partial charge is 0.221 e. The summed E-state index contributed by atoms with van der Waals surface area (Å²) < 4.78 is 1.83. The fourth-order valence-electron chi connectivity index (χ4n) is 2.36. The molecule has 6 heteroatoms. The van der Waals surface area contributed by atoms with Crippen LogP contribution in [0.1, 0.15) is 25.5 Å². The molecule has 0 aliphatic carbocycles. The number of amides is 1. The van der Waals surface area contributed by atoms with Gasteiger partial charge in [0.2, 0.25) is 5.91 Å². The Morgan fingerprint density at radius 1 is 1.44 bits per heavy atom. The molecular weight excluding hydrogens is 230 g/mol. The van der Waals surface area contributed by atoms with Crippen LogP contribution in [-0.2, 0) is 18.3 Å². The van der Waals surface area contributed by atoms with Crippen molar-refractivity contribution in [1.29, 1.82) is 0 Å². The van der Waals surface area contributed by atoms with E-state index in [9.17, 15) is 4.79 Å². The van der Waals surface area contributed by atoms with Gasteiger partial charge in [-0.15, -0.1) is 0 Å². The molecule has 1 aromatic heterocycles. The third kappa shape index (κ3) is 2.42. The van der Waals surface area contributed by atoms with Gasteiger partial charge >= 0.3 is 0 Å². The van der Waals surface area contributed by atoms with Crippen molar-refractivity contribution < 1.29 is 4.79 Å². The van der Waals surface area contributed by atoms with E-state index in [1.807, 2.05) is 11.7 Å². The summed E-state index contributed by atoms with van der Waals surface area (Å²) in [4.78, 5) is 13.5. The number of anilines is 2. The second-order valence-electron chi connectivity index (χ2n) is 4.64. The maximum absolute atomic E-state index is 11.3. The molecule has 0 spiro atoms. The molecule has 1 saturated heterocycles. The van der Waals surface area contributed by atoms with E-state index in [-0.39, 0.29) is 5.91 Å². The first kappa shape index (κ1) is 12.7. The lowest BCUT2D eigenvalue weighted by Gasteiger charge is -2.22. The van der Waals surface area contributed by atoms with Gasteiger partial charge in [0.25, 0.3) is 0 Å². The van der Waals surface area contributed by atoms with Crippen molar-refractivity contribution in [2.75, 3.05) is 30.3 Å². The number of nitrogens with two attached hydrogens (primary N) is 1. The second kappa shape index (κ2) is 5.29. The summed E-state index contributed by atoms with van der Waals surface area (Å²) in [5.41, 5.74) is 7.89. The molecule has 0 atom stereocenters. The topological polar surface area (TPSA) is 76.2 Å². The normalized spacial score (nSPS) is 16.6. The molecule has 3 N–H and O–H groups in total. The molecule has 2 heterocycles. The van der Waals surface area contributed by atoms with Crippen LogP contribution in [0.3, 0.4) is 0 Å². The molecule has 0 unspecified atom stereocenters. The van der Waals surface area contributed by atoms with Crippen molar-refractivity contribution in [3.63, 3.8) is 0 Å². The van der Waals surface area contributed by atoms with E-state index < -0.39 is 0 Å². The zero-order chi connectivity index (χ0) is 13.1. The molecule has 100 valence electrons. The highest BCUT2D eigenvalue weighted by Crippen LogP contribution is 2.27. The number of aromatic nitrogens is 2. The molecule has 0 aromatic carbocycles. The number of aryl methyl sites for hydroxylation is 2. The quantitative estimate of drug-likeness (QED) is 0.809. The van der Waals surface area contributed by atoms with E-state index >= 15 is 0 Å². The summed E-state index contributed by atoms with van der Waals surface area (Å²) >= 11 is 0. The Bertz CT molecular complexity index is 440. The van der Waals surface area contributed by atoms with Crippen LogP contribution >= 0.6 is 0 Å². The van der Waals surface area contributed by atoms with Crippen LogP contribution in [0.25, 0.3) is 0 Å². The predicted molar refractivity (Wildman–Crippen MR) is 71.5 cm³/mol. The van der Waals surface area contributed by atoms with E-state index in [1.165, 1.54) is 0 Å².